The second-order valence-electron chi connectivity index (χ2n) is 3.44. The molecule has 0 saturated carbocycles. The molecule has 0 atom stereocenters. The minimum Gasteiger partial charge on any atom is -0.465 e. The number of benzene rings is 1. The van der Waals surface area contributed by atoms with Crippen molar-refractivity contribution < 1.29 is 19.1 Å². The molecule has 0 aromatic heterocycles. The average molecular weight is 301 g/mol. The summed E-state index contributed by atoms with van der Waals surface area (Å²) in [5, 5.41) is 0.461. The number of hydrogen-bond donors (Lipinski definition) is 0. The number of halogens is 1. The third-order valence-corrected chi connectivity index (χ3v) is 2.98. The van der Waals surface area contributed by atoms with Crippen LogP contribution >= 0.6 is 15.9 Å². The normalized spacial score (nSPS) is 9.88. The van der Waals surface area contributed by atoms with Crippen LogP contribution in [0.25, 0.3) is 0 Å². The zero-order chi connectivity index (χ0) is 13.0. The van der Waals surface area contributed by atoms with E-state index in [1.807, 2.05) is 0 Å². The van der Waals surface area contributed by atoms with E-state index < -0.39 is 11.9 Å². The van der Waals surface area contributed by atoms with E-state index in [4.69, 9.17) is 4.74 Å². The van der Waals surface area contributed by atoms with Gasteiger partial charge in [0.15, 0.2) is 0 Å². The lowest BCUT2D eigenvalue weighted by molar-refractivity contribution is 0.0585. The Balaban J connectivity index is 3.35. The molecule has 17 heavy (non-hydrogen) atoms. The molecule has 0 aliphatic heterocycles. The molecule has 0 fully saturated rings. The Labute approximate surface area is 108 Å². The molecule has 0 heterocycles. The van der Waals surface area contributed by atoms with Gasteiger partial charge in [-0.3, -0.25) is 0 Å². The Morgan fingerprint density at radius 3 is 2.24 bits per heavy atom. The van der Waals surface area contributed by atoms with E-state index in [9.17, 15) is 9.59 Å². The summed E-state index contributed by atoms with van der Waals surface area (Å²) in [4.78, 5) is 23.0. The van der Waals surface area contributed by atoms with E-state index >= 15 is 0 Å². The number of methoxy groups -OCH3 is 2. The van der Waals surface area contributed by atoms with Crippen molar-refractivity contribution in [1.29, 1.82) is 0 Å². The van der Waals surface area contributed by atoms with Crippen LogP contribution in [0.15, 0.2) is 12.1 Å². The molecular formula is C12H13BrO4. The largest absolute Gasteiger partial charge is 0.465 e. The lowest BCUT2D eigenvalue weighted by Gasteiger charge is -2.11. The summed E-state index contributed by atoms with van der Waals surface area (Å²) in [5.41, 5.74) is 2.30. The van der Waals surface area contributed by atoms with Gasteiger partial charge in [-0.15, -0.1) is 0 Å². The lowest BCUT2D eigenvalue weighted by atomic mass is 9.99. The van der Waals surface area contributed by atoms with Crippen LogP contribution in [0, 0.1) is 6.92 Å². The van der Waals surface area contributed by atoms with E-state index in [2.05, 4.69) is 20.7 Å². The smallest absolute Gasteiger partial charge is 0.338 e. The van der Waals surface area contributed by atoms with Gasteiger partial charge in [0.05, 0.1) is 25.3 Å². The van der Waals surface area contributed by atoms with Crippen molar-refractivity contribution in [2.24, 2.45) is 0 Å². The van der Waals surface area contributed by atoms with Gasteiger partial charge in [0, 0.05) is 5.33 Å². The number of hydrogen-bond acceptors (Lipinski definition) is 4. The molecule has 0 saturated heterocycles. The zero-order valence-electron chi connectivity index (χ0n) is 9.87. The molecule has 0 N–H and O–H groups in total. The topological polar surface area (TPSA) is 52.6 Å². The molecule has 0 unspecified atom stereocenters. The molecule has 4 nitrogen and oxygen atoms in total. The maximum absolute atomic E-state index is 11.6. The Bertz CT molecular complexity index is 454. The summed E-state index contributed by atoms with van der Waals surface area (Å²) < 4.78 is 9.36. The monoisotopic (exact) mass is 300 g/mol. The van der Waals surface area contributed by atoms with Crippen molar-refractivity contribution in [2.45, 2.75) is 12.3 Å². The second kappa shape index (κ2) is 5.82. The standard InChI is InChI=1S/C12H13BrO4/c1-7-4-8(11(14)16-2)5-9(6-13)10(7)12(15)17-3/h4-5H,6H2,1-3H3. The van der Waals surface area contributed by atoms with Gasteiger partial charge in [-0.2, -0.15) is 0 Å². The number of aryl methyl sites for hydroxylation is 1. The summed E-state index contributed by atoms with van der Waals surface area (Å²) in [7, 11) is 2.65. The first-order valence-electron chi connectivity index (χ1n) is 4.91. The van der Waals surface area contributed by atoms with Gasteiger partial charge >= 0.3 is 11.9 Å². The van der Waals surface area contributed by atoms with Gasteiger partial charge in [0.2, 0.25) is 0 Å². The maximum Gasteiger partial charge on any atom is 0.338 e. The van der Waals surface area contributed by atoms with Gasteiger partial charge < -0.3 is 9.47 Å². The minimum absolute atomic E-state index is 0.409. The van der Waals surface area contributed by atoms with Crippen molar-refractivity contribution in [3.63, 3.8) is 0 Å². The predicted octanol–water partition coefficient (Wildman–Crippen LogP) is 2.46. The van der Waals surface area contributed by atoms with Gasteiger partial charge in [-0.25, -0.2) is 9.59 Å². The molecule has 1 aromatic rings. The first kappa shape index (κ1) is 13.7. The van der Waals surface area contributed by atoms with E-state index in [1.54, 1.807) is 19.1 Å². The number of rotatable bonds is 3. The summed E-state index contributed by atoms with van der Waals surface area (Å²) in [6.07, 6.45) is 0. The molecule has 0 aliphatic rings. The highest BCUT2D eigenvalue weighted by molar-refractivity contribution is 9.08. The molecule has 1 aromatic carbocycles. The number of ether oxygens (including phenoxy) is 2. The van der Waals surface area contributed by atoms with Crippen molar-refractivity contribution in [1.82, 2.24) is 0 Å². The fourth-order valence-electron chi connectivity index (χ4n) is 1.60. The number of carbonyl (C=O) groups is 2. The molecule has 0 aliphatic carbocycles. The predicted molar refractivity (Wildman–Crippen MR) is 66.5 cm³/mol. The number of alkyl halides is 1. The highest BCUT2D eigenvalue weighted by atomic mass is 79.9. The Kier molecular flexibility index (Phi) is 4.69. The molecule has 5 heteroatoms. The van der Waals surface area contributed by atoms with Crippen LogP contribution in [-0.2, 0) is 14.8 Å². The molecular weight excluding hydrogens is 288 g/mol. The van der Waals surface area contributed by atoms with Gasteiger partial charge in [-0.05, 0) is 30.2 Å². The van der Waals surface area contributed by atoms with E-state index in [-0.39, 0.29) is 0 Å². The van der Waals surface area contributed by atoms with Crippen molar-refractivity contribution in [2.75, 3.05) is 14.2 Å². The van der Waals surface area contributed by atoms with Crippen LogP contribution < -0.4 is 0 Å². The third kappa shape index (κ3) is 2.85. The van der Waals surface area contributed by atoms with E-state index in [1.165, 1.54) is 14.2 Å². The van der Waals surface area contributed by atoms with Crippen molar-refractivity contribution >= 4 is 27.9 Å². The maximum atomic E-state index is 11.6. The third-order valence-electron chi connectivity index (χ3n) is 2.37. The fraction of sp³-hybridized carbons (Fsp3) is 0.333. The molecule has 92 valence electrons. The SMILES string of the molecule is COC(=O)c1cc(C)c(C(=O)OC)c(CBr)c1. The molecule has 0 amide bonds. The number of esters is 2. The van der Waals surface area contributed by atoms with Gasteiger partial charge in [0.1, 0.15) is 0 Å². The summed E-state index contributed by atoms with van der Waals surface area (Å²) in [5.74, 6) is -0.833. The minimum atomic E-state index is -0.424. The summed E-state index contributed by atoms with van der Waals surface area (Å²) in [6, 6.07) is 3.24. The van der Waals surface area contributed by atoms with E-state index in [0.717, 1.165) is 0 Å². The Hall–Kier alpha value is -1.36. The molecule has 1 rings (SSSR count). The zero-order valence-corrected chi connectivity index (χ0v) is 11.5. The van der Waals surface area contributed by atoms with Gasteiger partial charge in [-0.1, -0.05) is 15.9 Å². The Morgan fingerprint density at radius 2 is 1.76 bits per heavy atom. The van der Waals surface area contributed by atoms with Crippen LogP contribution in [0.4, 0.5) is 0 Å². The molecule has 0 bridgehead atoms. The van der Waals surface area contributed by atoms with E-state index in [0.29, 0.717) is 27.6 Å². The van der Waals surface area contributed by atoms with Crippen LogP contribution in [0.2, 0.25) is 0 Å². The Morgan fingerprint density at radius 1 is 1.18 bits per heavy atom. The van der Waals surface area contributed by atoms with Crippen LogP contribution in [0.3, 0.4) is 0 Å². The van der Waals surface area contributed by atoms with Crippen molar-refractivity contribution in [3.8, 4) is 0 Å². The highest BCUT2D eigenvalue weighted by Crippen LogP contribution is 2.21. The first-order chi connectivity index (χ1) is 8.04. The second-order valence-corrected chi connectivity index (χ2v) is 4.00. The average Bonchev–Trinajstić information content (AvgIpc) is 2.35. The molecule has 0 radical (unpaired) electrons. The lowest BCUT2D eigenvalue weighted by Crippen LogP contribution is -2.10. The summed E-state index contributed by atoms with van der Waals surface area (Å²) >= 11 is 3.29. The first-order valence-corrected chi connectivity index (χ1v) is 6.03. The van der Waals surface area contributed by atoms with Crippen molar-refractivity contribution in [3.05, 3.63) is 34.4 Å². The van der Waals surface area contributed by atoms with Gasteiger partial charge in [0.25, 0.3) is 0 Å². The van der Waals surface area contributed by atoms with Crippen LogP contribution in [0.1, 0.15) is 31.8 Å². The molecule has 0 spiro atoms. The fourth-order valence-corrected chi connectivity index (χ4v) is 2.04. The quantitative estimate of drug-likeness (QED) is 0.635. The van der Waals surface area contributed by atoms with Crippen LogP contribution in [0.5, 0.6) is 0 Å². The highest BCUT2D eigenvalue weighted by Gasteiger charge is 2.18. The van der Waals surface area contributed by atoms with Crippen LogP contribution in [-0.4, -0.2) is 26.2 Å². The number of carbonyl (C=O) groups excluding carboxylic acids is 2. The summed E-state index contributed by atoms with van der Waals surface area (Å²) in [6.45, 7) is 1.75.